The van der Waals surface area contributed by atoms with E-state index in [0.717, 1.165) is 5.56 Å². The summed E-state index contributed by atoms with van der Waals surface area (Å²) in [7, 11) is 1.73. The molecule has 0 aliphatic carbocycles. The van der Waals surface area contributed by atoms with Crippen LogP contribution in [0, 0.1) is 0 Å². The summed E-state index contributed by atoms with van der Waals surface area (Å²) in [5.74, 6) is 0.203. The summed E-state index contributed by atoms with van der Waals surface area (Å²) in [6.45, 7) is 0. The summed E-state index contributed by atoms with van der Waals surface area (Å²) < 4.78 is 0. The Hall–Kier alpha value is -1.15. The lowest BCUT2D eigenvalue weighted by molar-refractivity contribution is 0.508. The van der Waals surface area contributed by atoms with E-state index in [1.54, 1.807) is 31.3 Å². The van der Waals surface area contributed by atoms with Gasteiger partial charge in [0.25, 0.3) is 0 Å². The van der Waals surface area contributed by atoms with Crippen molar-refractivity contribution in [2.45, 2.75) is 0 Å². The molecule has 1 rings (SSSR count). The molecule has 0 aliphatic heterocycles. The minimum atomic E-state index is 0.203. The first-order valence-electron chi connectivity index (χ1n) is 3.56. The van der Waals surface area contributed by atoms with Crippen LogP contribution in [0.15, 0.2) is 30.5 Å². The van der Waals surface area contributed by atoms with Gasteiger partial charge < -0.3 is 10.4 Å². The Morgan fingerprint density at radius 1 is 1.42 bits per heavy atom. The van der Waals surface area contributed by atoms with Crippen LogP contribution in [-0.4, -0.2) is 12.2 Å². The first-order chi connectivity index (χ1) is 5.74. The van der Waals surface area contributed by atoms with E-state index in [0.29, 0.717) is 5.02 Å². The van der Waals surface area contributed by atoms with Crippen molar-refractivity contribution in [3.8, 4) is 0 Å². The lowest BCUT2D eigenvalue weighted by Crippen LogP contribution is -1.95. The normalized spacial score (nSPS) is 11.3. The van der Waals surface area contributed by atoms with Gasteiger partial charge in [-0.15, -0.1) is 0 Å². The molecule has 2 nitrogen and oxygen atoms in total. The molecule has 0 unspecified atom stereocenters. The van der Waals surface area contributed by atoms with E-state index in [9.17, 15) is 5.11 Å². The smallest absolute Gasteiger partial charge is 0.138 e. The average Bonchev–Trinajstić information content (AvgIpc) is 2.06. The highest BCUT2D eigenvalue weighted by atomic mass is 35.5. The quantitative estimate of drug-likeness (QED) is 0.691. The number of halogens is 1. The second-order valence-corrected chi connectivity index (χ2v) is 2.76. The van der Waals surface area contributed by atoms with Crippen LogP contribution in [0.5, 0.6) is 0 Å². The van der Waals surface area contributed by atoms with Gasteiger partial charge in [0, 0.05) is 23.8 Å². The molecule has 0 bridgehead atoms. The van der Waals surface area contributed by atoms with Crippen LogP contribution < -0.4 is 5.32 Å². The maximum atomic E-state index is 9.37. The fourth-order valence-electron chi connectivity index (χ4n) is 0.841. The second kappa shape index (κ2) is 4.02. The van der Waals surface area contributed by atoms with Crippen molar-refractivity contribution in [3.63, 3.8) is 0 Å². The zero-order valence-electron chi connectivity index (χ0n) is 6.71. The number of benzene rings is 1. The van der Waals surface area contributed by atoms with Crippen LogP contribution in [0.25, 0.3) is 5.76 Å². The molecule has 0 fully saturated rings. The predicted molar refractivity (Wildman–Crippen MR) is 51.1 cm³/mol. The number of hydrogen-bond acceptors (Lipinski definition) is 2. The third-order valence-corrected chi connectivity index (χ3v) is 1.67. The predicted octanol–water partition coefficient (Wildman–Crippen LogP) is 2.42. The molecule has 0 saturated carbocycles. The zero-order chi connectivity index (χ0) is 8.97. The molecule has 1 aromatic carbocycles. The number of aliphatic hydroxyl groups is 1. The highest BCUT2D eigenvalue weighted by Gasteiger charge is 1.96. The van der Waals surface area contributed by atoms with E-state index >= 15 is 0 Å². The Kier molecular flexibility index (Phi) is 3.00. The molecule has 64 valence electrons. The second-order valence-electron chi connectivity index (χ2n) is 2.33. The Bertz CT molecular complexity index is 279. The van der Waals surface area contributed by atoms with Crippen molar-refractivity contribution in [2.75, 3.05) is 7.05 Å². The van der Waals surface area contributed by atoms with Gasteiger partial charge in [-0.05, 0) is 24.3 Å². The molecule has 0 radical (unpaired) electrons. The lowest BCUT2D eigenvalue weighted by atomic mass is 10.2. The Morgan fingerprint density at radius 3 is 2.50 bits per heavy atom. The molecule has 0 atom stereocenters. The van der Waals surface area contributed by atoms with Gasteiger partial charge in [0.2, 0.25) is 0 Å². The summed E-state index contributed by atoms with van der Waals surface area (Å²) in [4.78, 5) is 0. The van der Waals surface area contributed by atoms with E-state index < -0.39 is 0 Å². The average molecular weight is 184 g/mol. The van der Waals surface area contributed by atoms with E-state index in [-0.39, 0.29) is 5.76 Å². The molecule has 12 heavy (non-hydrogen) atoms. The molecule has 0 aliphatic rings. The summed E-state index contributed by atoms with van der Waals surface area (Å²) in [6, 6.07) is 6.98. The SMILES string of the molecule is CN/C=C(\O)c1ccc(Cl)cc1. The third kappa shape index (κ3) is 2.17. The fourth-order valence-corrected chi connectivity index (χ4v) is 0.967. The van der Waals surface area contributed by atoms with Crippen molar-refractivity contribution in [1.29, 1.82) is 0 Å². The van der Waals surface area contributed by atoms with E-state index in [2.05, 4.69) is 5.32 Å². The first-order valence-corrected chi connectivity index (χ1v) is 3.94. The summed E-state index contributed by atoms with van der Waals surface area (Å²) in [5, 5.41) is 12.8. The molecular weight excluding hydrogens is 174 g/mol. The minimum Gasteiger partial charge on any atom is -0.506 e. The van der Waals surface area contributed by atoms with Crippen LogP contribution in [0.3, 0.4) is 0 Å². The Balaban J connectivity index is 2.89. The van der Waals surface area contributed by atoms with Gasteiger partial charge in [-0.25, -0.2) is 0 Å². The molecule has 0 saturated heterocycles. The van der Waals surface area contributed by atoms with Crippen molar-refractivity contribution >= 4 is 17.4 Å². The van der Waals surface area contributed by atoms with Gasteiger partial charge in [-0.1, -0.05) is 11.6 Å². The maximum Gasteiger partial charge on any atom is 0.138 e. The summed E-state index contributed by atoms with van der Waals surface area (Å²) in [5.41, 5.74) is 0.744. The van der Waals surface area contributed by atoms with Gasteiger partial charge in [0.1, 0.15) is 5.76 Å². The van der Waals surface area contributed by atoms with Crippen LogP contribution in [0.4, 0.5) is 0 Å². The summed E-state index contributed by atoms with van der Waals surface area (Å²) >= 11 is 5.68. The van der Waals surface area contributed by atoms with Crippen molar-refractivity contribution < 1.29 is 5.11 Å². The van der Waals surface area contributed by atoms with Gasteiger partial charge in [-0.3, -0.25) is 0 Å². The van der Waals surface area contributed by atoms with Crippen molar-refractivity contribution in [1.82, 2.24) is 5.32 Å². The van der Waals surface area contributed by atoms with Crippen LogP contribution in [-0.2, 0) is 0 Å². The number of aliphatic hydroxyl groups excluding tert-OH is 1. The number of rotatable bonds is 2. The van der Waals surface area contributed by atoms with E-state index in [1.165, 1.54) is 6.20 Å². The van der Waals surface area contributed by atoms with Gasteiger partial charge in [0.15, 0.2) is 0 Å². The highest BCUT2D eigenvalue weighted by Crippen LogP contribution is 2.14. The zero-order valence-corrected chi connectivity index (χ0v) is 7.47. The van der Waals surface area contributed by atoms with Gasteiger partial charge >= 0.3 is 0 Å². The molecule has 0 spiro atoms. The van der Waals surface area contributed by atoms with E-state index in [4.69, 9.17) is 11.6 Å². The first kappa shape index (κ1) is 8.94. The summed E-state index contributed by atoms with van der Waals surface area (Å²) in [6.07, 6.45) is 1.52. The molecule has 3 heteroatoms. The van der Waals surface area contributed by atoms with Crippen LogP contribution >= 0.6 is 11.6 Å². The van der Waals surface area contributed by atoms with Crippen LogP contribution in [0.2, 0.25) is 5.02 Å². The molecule has 0 heterocycles. The van der Waals surface area contributed by atoms with Gasteiger partial charge in [-0.2, -0.15) is 0 Å². The lowest BCUT2D eigenvalue weighted by Gasteiger charge is -1.99. The molecule has 1 aromatic rings. The fraction of sp³-hybridized carbons (Fsp3) is 0.111. The maximum absolute atomic E-state index is 9.37. The molecule has 2 N–H and O–H groups in total. The third-order valence-electron chi connectivity index (χ3n) is 1.42. The monoisotopic (exact) mass is 183 g/mol. The van der Waals surface area contributed by atoms with Crippen molar-refractivity contribution in [2.24, 2.45) is 0 Å². The van der Waals surface area contributed by atoms with Gasteiger partial charge in [0.05, 0.1) is 0 Å². The number of nitrogens with one attached hydrogen (secondary N) is 1. The largest absolute Gasteiger partial charge is 0.506 e. The topological polar surface area (TPSA) is 32.3 Å². The van der Waals surface area contributed by atoms with E-state index in [1.807, 2.05) is 0 Å². The number of hydrogen-bond donors (Lipinski definition) is 2. The Labute approximate surface area is 76.5 Å². The standard InChI is InChI=1S/C9H10ClNO/c1-11-6-9(12)7-2-4-8(10)5-3-7/h2-6,11-12H,1H3/b9-6-. The van der Waals surface area contributed by atoms with Crippen LogP contribution in [0.1, 0.15) is 5.56 Å². The minimum absolute atomic E-state index is 0.203. The highest BCUT2D eigenvalue weighted by molar-refractivity contribution is 6.30. The molecular formula is C9H10ClNO. The Morgan fingerprint density at radius 2 is 2.00 bits per heavy atom. The molecule has 0 amide bonds. The molecule has 0 aromatic heterocycles. The van der Waals surface area contributed by atoms with Crippen molar-refractivity contribution in [3.05, 3.63) is 41.1 Å².